The summed E-state index contributed by atoms with van der Waals surface area (Å²) >= 11 is 0. The molecule has 0 bridgehead atoms. The van der Waals surface area contributed by atoms with Crippen molar-refractivity contribution in [1.29, 1.82) is 0 Å². The average Bonchev–Trinajstić information content (AvgIpc) is 2.77. The third-order valence-electron chi connectivity index (χ3n) is 6.24. The Morgan fingerprint density at radius 1 is 1.22 bits per heavy atom. The summed E-state index contributed by atoms with van der Waals surface area (Å²) in [5.74, 6) is -1.21. The van der Waals surface area contributed by atoms with Crippen LogP contribution in [0.1, 0.15) is 49.6 Å². The maximum Gasteiger partial charge on any atom is 0.296 e. The van der Waals surface area contributed by atoms with E-state index in [0.717, 1.165) is 26.2 Å². The number of aromatic nitrogens is 2. The molecule has 0 radical (unpaired) electrons. The van der Waals surface area contributed by atoms with E-state index in [2.05, 4.69) is 33.9 Å². The first-order valence-electron chi connectivity index (χ1n) is 11.0. The summed E-state index contributed by atoms with van der Waals surface area (Å²) in [7, 11) is 0. The predicted molar refractivity (Wildman–Crippen MR) is 120 cm³/mol. The van der Waals surface area contributed by atoms with Crippen molar-refractivity contribution in [3.05, 3.63) is 57.5 Å². The monoisotopic (exact) mass is 445 g/mol. The second kappa shape index (κ2) is 9.79. The van der Waals surface area contributed by atoms with Gasteiger partial charge in [-0.1, -0.05) is 26.0 Å². The van der Waals surface area contributed by atoms with Gasteiger partial charge in [0.15, 0.2) is 5.69 Å². The summed E-state index contributed by atoms with van der Waals surface area (Å²) in [4.78, 5) is 34.6. The van der Waals surface area contributed by atoms with E-state index in [-0.39, 0.29) is 18.1 Å². The lowest BCUT2D eigenvalue weighted by atomic mass is 9.98. The van der Waals surface area contributed by atoms with Crippen molar-refractivity contribution >= 4 is 5.91 Å². The third kappa shape index (κ3) is 4.83. The molecule has 1 amide bonds. The van der Waals surface area contributed by atoms with Gasteiger partial charge in [-0.05, 0) is 44.6 Å². The molecule has 0 aliphatic carbocycles. The lowest BCUT2D eigenvalue weighted by molar-refractivity contribution is 0.0621. The lowest BCUT2D eigenvalue weighted by Crippen LogP contribution is -2.54. The number of fused-ring (bicyclic) bond motifs is 1. The van der Waals surface area contributed by atoms with Crippen LogP contribution in [0.3, 0.4) is 0 Å². The van der Waals surface area contributed by atoms with Gasteiger partial charge < -0.3 is 15.3 Å². The summed E-state index contributed by atoms with van der Waals surface area (Å²) < 4.78 is 14.5. The standard InChI is InChI=1S/C23H32FN5O3/c1-5-27(6-2)11-12-28-13-14-29-21(32)19(30)18(26-22(29)23(28,3)4)20(31)25-15-16-7-9-17(24)10-8-16/h7-10,30H,5-6,11-15H2,1-4H3,(H,25,31). The molecule has 174 valence electrons. The Kier molecular flexibility index (Phi) is 7.30. The highest BCUT2D eigenvalue weighted by atomic mass is 19.1. The highest BCUT2D eigenvalue weighted by Gasteiger charge is 2.38. The summed E-state index contributed by atoms with van der Waals surface area (Å²) in [6.45, 7) is 13.0. The van der Waals surface area contributed by atoms with E-state index in [1.165, 1.54) is 16.7 Å². The molecule has 32 heavy (non-hydrogen) atoms. The van der Waals surface area contributed by atoms with Gasteiger partial charge in [-0.15, -0.1) is 0 Å². The van der Waals surface area contributed by atoms with Gasteiger partial charge in [-0.2, -0.15) is 0 Å². The molecule has 1 aliphatic rings. The van der Waals surface area contributed by atoms with Gasteiger partial charge in [0, 0.05) is 32.7 Å². The molecule has 2 N–H and O–H groups in total. The van der Waals surface area contributed by atoms with Crippen molar-refractivity contribution in [1.82, 2.24) is 24.7 Å². The van der Waals surface area contributed by atoms with E-state index in [1.807, 2.05) is 13.8 Å². The van der Waals surface area contributed by atoms with Gasteiger partial charge in [0.1, 0.15) is 11.6 Å². The summed E-state index contributed by atoms with van der Waals surface area (Å²) in [6, 6.07) is 5.72. The quantitative estimate of drug-likeness (QED) is 0.645. The third-order valence-corrected chi connectivity index (χ3v) is 6.24. The van der Waals surface area contributed by atoms with E-state index in [4.69, 9.17) is 0 Å². The highest BCUT2D eigenvalue weighted by molar-refractivity contribution is 5.94. The van der Waals surface area contributed by atoms with Crippen LogP contribution in [0, 0.1) is 5.82 Å². The summed E-state index contributed by atoms with van der Waals surface area (Å²) in [5, 5.41) is 13.1. The zero-order valence-electron chi connectivity index (χ0n) is 19.2. The van der Waals surface area contributed by atoms with Crippen LogP contribution in [0.5, 0.6) is 5.75 Å². The van der Waals surface area contributed by atoms with E-state index in [0.29, 0.717) is 24.5 Å². The second-order valence-corrected chi connectivity index (χ2v) is 8.47. The minimum atomic E-state index is -0.655. The van der Waals surface area contributed by atoms with E-state index in [1.54, 1.807) is 12.1 Å². The topological polar surface area (TPSA) is 90.7 Å². The molecule has 0 saturated carbocycles. The Hall–Kier alpha value is -2.78. The van der Waals surface area contributed by atoms with Crippen molar-refractivity contribution in [2.75, 3.05) is 32.7 Å². The van der Waals surface area contributed by atoms with Gasteiger partial charge in [-0.3, -0.25) is 19.1 Å². The van der Waals surface area contributed by atoms with Crippen molar-refractivity contribution in [2.45, 2.75) is 46.3 Å². The molecule has 8 nitrogen and oxygen atoms in total. The van der Waals surface area contributed by atoms with Crippen LogP contribution in [0.2, 0.25) is 0 Å². The smallest absolute Gasteiger partial charge is 0.296 e. The lowest BCUT2D eigenvalue weighted by Gasteiger charge is -2.43. The number of nitrogens with zero attached hydrogens (tertiary/aromatic N) is 4. The van der Waals surface area contributed by atoms with Crippen molar-refractivity contribution in [3.63, 3.8) is 0 Å². The second-order valence-electron chi connectivity index (χ2n) is 8.47. The molecule has 0 saturated heterocycles. The van der Waals surface area contributed by atoms with Gasteiger partial charge >= 0.3 is 0 Å². The minimum Gasteiger partial charge on any atom is -0.501 e. The fraction of sp³-hybridized carbons (Fsp3) is 0.522. The first-order valence-corrected chi connectivity index (χ1v) is 11.0. The van der Waals surface area contributed by atoms with Crippen molar-refractivity contribution < 1.29 is 14.3 Å². The number of rotatable bonds is 8. The first kappa shape index (κ1) is 23.9. The number of hydrogen-bond acceptors (Lipinski definition) is 6. The Morgan fingerprint density at radius 2 is 1.88 bits per heavy atom. The van der Waals surface area contributed by atoms with Crippen molar-refractivity contribution in [2.24, 2.45) is 0 Å². The molecule has 1 aromatic heterocycles. The fourth-order valence-corrected chi connectivity index (χ4v) is 4.08. The van der Waals surface area contributed by atoms with E-state index < -0.39 is 22.8 Å². The average molecular weight is 446 g/mol. The summed E-state index contributed by atoms with van der Waals surface area (Å²) in [6.07, 6.45) is 0. The first-order chi connectivity index (χ1) is 15.2. The molecule has 1 aliphatic heterocycles. The van der Waals surface area contributed by atoms with Crippen LogP contribution in [0.4, 0.5) is 4.39 Å². The number of likely N-dealkylation sites (N-methyl/N-ethyl adjacent to an activating group) is 1. The van der Waals surface area contributed by atoms with Crippen molar-refractivity contribution in [3.8, 4) is 5.75 Å². The molecule has 1 aromatic carbocycles. The maximum absolute atomic E-state index is 13.1. The van der Waals surface area contributed by atoms with Crippen LogP contribution >= 0.6 is 0 Å². The summed E-state index contributed by atoms with van der Waals surface area (Å²) in [5.41, 5.74) is -0.804. The minimum absolute atomic E-state index is 0.123. The predicted octanol–water partition coefficient (Wildman–Crippen LogP) is 1.91. The molecular weight excluding hydrogens is 413 g/mol. The van der Waals surface area contributed by atoms with Crippen LogP contribution < -0.4 is 10.9 Å². The van der Waals surface area contributed by atoms with Crippen LogP contribution in [0.25, 0.3) is 0 Å². The van der Waals surface area contributed by atoms with Crippen LogP contribution in [0.15, 0.2) is 29.1 Å². The number of nitrogens with one attached hydrogen (secondary N) is 1. The van der Waals surface area contributed by atoms with Gasteiger partial charge in [0.25, 0.3) is 11.5 Å². The van der Waals surface area contributed by atoms with Crippen LogP contribution in [-0.2, 0) is 18.6 Å². The molecular formula is C23H32FN5O3. The zero-order chi connectivity index (χ0) is 23.5. The number of halogens is 1. The molecule has 0 atom stereocenters. The molecule has 2 heterocycles. The Labute approximate surface area is 187 Å². The van der Waals surface area contributed by atoms with Crippen LogP contribution in [-0.4, -0.2) is 63.1 Å². The van der Waals surface area contributed by atoms with Gasteiger partial charge in [-0.25, -0.2) is 9.37 Å². The molecule has 0 unspecified atom stereocenters. The molecule has 9 heteroatoms. The molecule has 0 spiro atoms. The Bertz CT molecular complexity index is 1020. The Balaban J connectivity index is 1.84. The normalized spacial score (nSPS) is 15.6. The zero-order valence-corrected chi connectivity index (χ0v) is 19.2. The van der Waals surface area contributed by atoms with E-state index in [9.17, 15) is 19.1 Å². The fourth-order valence-electron chi connectivity index (χ4n) is 4.08. The largest absolute Gasteiger partial charge is 0.501 e. The van der Waals surface area contributed by atoms with Gasteiger partial charge in [0.2, 0.25) is 5.75 Å². The molecule has 0 fully saturated rings. The number of aromatic hydroxyl groups is 1. The SMILES string of the molecule is CCN(CC)CCN1CCn2c(nc(C(=O)NCc3ccc(F)cc3)c(O)c2=O)C1(C)C. The van der Waals surface area contributed by atoms with E-state index >= 15 is 0 Å². The molecule has 2 aromatic rings. The maximum atomic E-state index is 13.1. The number of hydrogen-bond donors (Lipinski definition) is 2. The number of carbonyl (C=O) groups excluding carboxylic acids is 1. The number of carbonyl (C=O) groups is 1. The van der Waals surface area contributed by atoms with Gasteiger partial charge in [0.05, 0.1) is 5.54 Å². The Morgan fingerprint density at radius 3 is 2.50 bits per heavy atom. The molecule has 3 rings (SSSR count). The highest BCUT2D eigenvalue weighted by Crippen LogP contribution is 2.30. The number of amides is 1. The number of benzene rings is 1.